The van der Waals surface area contributed by atoms with E-state index in [4.69, 9.17) is 9.26 Å². The molecule has 0 spiro atoms. The molecule has 0 bridgehead atoms. The minimum absolute atomic E-state index is 0.108. The van der Waals surface area contributed by atoms with Crippen molar-refractivity contribution in [3.05, 3.63) is 42.0 Å². The lowest BCUT2D eigenvalue weighted by Crippen LogP contribution is -2.35. The van der Waals surface area contributed by atoms with E-state index in [1.165, 1.54) is 5.69 Å². The van der Waals surface area contributed by atoms with Crippen molar-refractivity contribution < 1.29 is 14.1 Å². The van der Waals surface area contributed by atoms with E-state index in [-0.39, 0.29) is 17.9 Å². The maximum Gasteiger partial charge on any atom is 0.410 e. The first kappa shape index (κ1) is 18.8. The Hall–Kier alpha value is -2.57. The van der Waals surface area contributed by atoms with Crippen LogP contribution in [0, 0.1) is 0 Å². The second kappa shape index (κ2) is 7.45. The summed E-state index contributed by atoms with van der Waals surface area (Å²) in [6.07, 6.45) is 1.57. The van der Waals surface area contributed by atoms with Gasteiger partial charge in [-0.25, -0.2) is 4.79 Å². The van der Waals surface area contributed by atoms with Gasteiger partial charge in [0.15, 0.2) is 5.82 Å². The molecule has 1 aromatic carbocycles. The zero-order valence-corrected chi connectivity index (χ0v) is 16.8. The Morgan fingerprint density at radius 3 is 2.61 bits per heavy atom. The molecule has 150 valence electrons. The highest BCUT2D eigenvalue weighted by Gasteiger charge is 2.34. The van der Waals surface area contributed by atoms with Gasteiger partial charge in [0.2, 0.25) is 5.89 Å². The fraction of sp³-hybridized carbons (Fsp3) is 0.571. The topological polar surface area (TPSA) is 71.7 Å². The van der Waals surface area contributed by atoms with E-state index < -0.39 is 5.60 Å². The predicted octanol–water partition coefficient (Wildman–Crippen LogP) is 3.79. The molecule has 0 saturated carbocycles. The summed E-state index contributed by atoms with van der Waals surface area (Å²) in [7, 11) is 0. The SMILES string of the molecule is CC(C)(C)OC(=O)N1CCC(c2noc(C3CCN(c4ccccc4)C3)n2)C1. The van der Waals surface area contributed by atoms with Gasteiger partial charge < -0.3 is 19.1 Å². The second-order valence-electron chi connectivity index (χ2n) is 8.67. The minimum atomic E-state index is -0.485. The highest BCUT2D eigenvalue weighted by Crippen LogP contribution is 2.32. The van der Waals surface area contributed by atoms with Crippen LogP contribution < -0.4 is 4.90 Å². The molecule has 0 radical (unpaired) electrons. The number of nitrogens with zero attached hydrogens (tertiary/aromatic N) is 4. The number of para-hydroxylation sites is 1. The number of likely N-dealkylation sites (tertiary alicyclic amines) is 1. The molecular weight excluding hydrogens is 356 g/mol. The molecule has 4 rings (SSSR count). The van der Waals surface area contributed by atoms with Crippen molar-refractivity contribution in [2.75, 3.05) is 31.1 Å². The summed E-state index contributed by atoms with van der Waals surface area (Å²) >= 11 is 0. The molecule has 2 saturated heterocycles. The van der Waals surface area contributed by atoms with E-state index >= 15 is 0 Å². The van der Waals surface area contributed by atoms with E-state index in [9.17, 15) is 4.79 Å². The first-order valence-corrected chi connectivity index (χ1v) is 10.0. The highest BCUT2D eigenvalue weighted by atomic mass is 16.6. The molecule has 3 heterocycles. The van der Waals surface area contributed by atoms with E-state index in [1.54, 1.807) is 4.90 Å². The van der Waals surface area contributed by atoms with Crippen molar-refractivity contribution in [3.8, 4) is 0 Å². The van der Waals surface area contributed by atoms with Gasteiger partial charge in [-0.15, -0.1) is 0 Å². The van der Waals surface area contributed by atoms with Gasteiger partial charge in [0.25, 0.3) is 0 Å². The molecule has 2 fully saturated rings. The van der Waals surface area contributed by atoms with Gasteiger partial charge in [-0.1, -0.05) is 23.4 Å². The van der Waals surface area contributed by atoms with Crippen molar-refractivity contribution in [3.63, 3.8) is 0 Å². The number of benzene rings is 1. The minimum Gasteiger partial charge on any atom is -0.444 e. The zero-order valence-electron chi connectivity index (χ0n) is 16.8. The number of anilines is 1. The molecule has 0 N–H and O–H groups in total. The van der Waals surface area contributed by atoms with Crippen molar-refractivity contribution in [1.29, 1.82) is 0 Å². The van der Waals surface area contributed by atoms with Crippen LogP contribution in [0.25, 0.3) is 0 Å². The Labute approximate surface area is 165 Å². The Kier molecular flexibility index (Phi) is 5.00. The van der Waals surface area contributed by atoms with Gasteiger partial charge in [0.05, 0.1) is 5.92 Å². The van der Waals surface area contributed by atoms with Crippen molar-refractivity contribution in [2.24, 2.45) is 0 Å². The van der Waals surface area contributed by atoms with Gasteiger partial charge in [-0.3, -0.25) is 0 Å². The van der Waals surface area contributed by atoms with Gasteiger partial charge in [-0.05, 0) is 45.7 Å². The molecular formula is C21H28N4O3. The van der Waals surface area contributed by atoms with Crippen molar-refractivity contribution >= 4 is 11.8 Å². The molecule has 7 nitrogen and oxygen atoms in total. The van der Waals surface area contributed by atoms with Crippen molar-refractivity contribution in [2.45, 2.75) is 51.0 Å². The van der Waals surface area contributed by atoms with Crippen molar-refractivity contribution in [1.82, 2.24) is 15.0 Å². The van der Waals surface area contributed by atoms with Crippen LogP contribution in [0.5, 0.6) is 0 Å². The molecule has 7 heteroatoms. The third-order valence-corrected chi connectivity index (χ3v) is 5.32. The summed E-state index contributed by atoms with van der Waals surface area (Å²) in [6.45, 7) is 8.75. The van der Waals surface area contributed by atoms with Gasteiger partial charge in [0.1, 0.15) is 5.60 Å². The summed E-state index contributed by atoms with van der Waals surface area (Å²) in [6, 6.07) is 10.4. The normalized spacial score (nSPS) is 22.7. The van der Waals surface area contributed by atoms with Gasteiger partial charge in [0, 0.05) is 37.8 Å². The molecule has 2 unspecified atom stereocenters. The maximum absolute atomic E-state index is 12.3. The number of ether oxygens (including phenoxy) is 1. The Morgan fingerprint density at radius 2 is 1.86 bits per heavy atom. The Balaban J connectivity index is 1.36. The number of carbonyl (C=O) groups is 1. The molecule has 0 aliphatic carbocycles. The second-order valence-corrected chi connectivity index (χ2v) is 8.67. The molecule has 2 aliphatic heterocycles. The van der Waals surface area contributed by atoms with Crippen LogP contribution in [0.1, 0.15) is 57.2 Å². The van der Waals surface area contributed by atoms with Crippen LogP contribution in [0.2, 0.25) is 0 Å². The number of hydrogen-bond acceptors (Lipinski definition) is 6. The summed E-state index contributed by atoms with van der Waals surface area (Å²) in [5, 5.41) is 4.23. The van der Waals surface area contributed by atoms with Crippen LogP contribution >= 0.6 is 0 Å². The third kappa shape index (κ3) is 4.13. The lowest BCUT2D eigenvalue weighted by Gasteiger charge is -2.24. The zero-order chi connectivity index (χ0) is 19.7. The lowest BCUT2D eigenvalue weighted by molar-refractivity contribution is 0.0292. The number of aromatic nitrogens is 2. The van der Waals surface area contributed by atoms with Crippen LogP contribution in [-0.4, -0.2) is 52.9 Å². The largest absolute Gasteiger partial charge is 0.444 e. The number of hydrogen-bond donors (Lipinski definition) is 0. The predicted molar refractivity (Wildman–Crippen MR) is 105 cm³/mol. The monoisotopic (exact) mass is 384 g/mol. The lowest BCUT2D eigenvalue weighted by atomic mass is 10.1. The molecule has 1 aromatic heterocycles. The van der Waals surface area contributed by atoms with Gasteiger partial charge in [-0.2, -0.15) is 4.98 Å². The average molecular weight is 384 g/mol. The fourth-order valence-electron chi connectivity index (χ4n) is 3.88. The van der Waals surface area contributed by atoms with Crippen LogP contribution in [-0.2, 0) is 4.74 Å². The molecule has 28 heavy (non-hydrogen) atoms. The number of amides is 1. The van der Waals surface area contributed by atoms with Gasteiger partial charge >= 0.3 is 6.09 Å². The van der Waals surface area contributed by atoms with E-state index in [0.29, 0.717) is 24.8 Å². The van der Waals surface area contributed by atoms with E-state index in [2.05, 4.69) is 39.3 Å². The molecule has 2 aliphatic rings. The average Bonchev–Trinajstić information content (AvgIpc) is 3.39. The smallest absolute Gasteiger partial charge is 0.410 e. The Bertz CT molecular complexity index is 815. The van der Waals surface area contributed by atoms with E-state index in [1.807, 2.05) is 26.8 Å². The quantitative estimate of drug-likeness (QED) is 0.802. The standard InChI is InChI=1S/C21H28N4O3/c1-21(2,3)27-20(26)25-12-9-15(13-25)18-22-19(28-23-18)16-10-11-24(14-16)17-7-5-4-6-8-17/h4-8,15-16H,9-14H2,1-3H3. The first-order valence-electron chi connectivity index (χ1n) is 10.0. The van der Waals surface area contributed by atoms with E-state index in [0.717, 1.165) is 25.9 Å². The fourth-order valence-corrected chi connectivity index (χ4v) is 3.88. The number of carbonyl (C=O) groups excluding carboxylic acids is 1. The van der Waals surface area contributed by atoms with Crippen LogP contribution in [0.15, 0.2) is 34.9 Å². The summed E-state index contributed by atoms with van der Waals surface area (Å²) < 4.78 is 11.1. The third-order valence-electron chi connectivity index (χ3n) is 5.32. The Morgan fingerprint density at radius 1 is 1.11 bits per heavy atom. The summed E-state index contributed by atoms with van der Waals surface area (Å²) in [5.74, 6) is 1.78. The highest BCUT2D eigenvalue weighted by molar-refractivity contribution is 5.68. The number of rotatable bonds is 3. The van der Waals surface area contributed by atoms with Crippen LogP contribution in [0.3, 0.4) is 0 Å². The molecule has 2 aromatic rings. The summed E-state index contributed by atoms with van der Waals surface area (Å²) in [5.41, 5.74) is 0.746. The molecule has 2 atom stereocenters. The first-order chi connectivity index (χ1) is 13.4. The van der Waals surface area contributed by atoms with Crippen LogP contribution in [0.4, 0.5) is 10.5 Å². The maximum atomic E-state index is 12.3. The molecule has 1 amide bonds. The summed E-state index contributed by atoms with van der Waals surface area (Å²) in [4.78, 5) is 21.0.